The number of hydrogen-bond acceptors (Lipinski definition) is 6. The number of rotatable bonds is 8. The molecule has 0 fully saturated rings. The van der Waals surface area contributed by atoms with Crippen LogP contribution in [0.15, 0.2) is 0 Å². The summed E-state index contributed by atoms with van der Waals surface area (Å²) in [5.41, 5.74) is -0.677. The molecule has 1 unspecified atom stereocenters. The number of esters is 2. The molecule has 0 aliphatic heterocycles. The average Bonchev–Trinajstić information content (AvgIpc) is 2.41. The Kier molecular flexibility index (Phi) is 9.21. The molecule has 0 aromatic carbocycles. The van der Waals surface area contributed by atoms with Gasteiger partial charge in [-0.15, -0.1) is 0 Å². The van der Waals surface area contributed by atoms with Crippen molar-refractivity contribution < 1.29 is 28.6 Å². The van der Waals surface area contributed by atoms with Crippen molar-refractivity contribution in [1.82, 2.24) is 5.32 Å². The fourth-order valence-corrected chi connectivity index (χ4v) is 1.48. The van der Waals surface area contributed by atoms with E-state index in [1.54, 1.807) is 20.8 Å². The molecule has 1 N–H and O–H groups in total. The summed E-state index contributed by atoms with van der Waals surface area (Å²) >= 11 is 0. The zero-order valence-electron chi connectivity index (χ0n) is 14.1. The van der Waals surface area contributed by atoms with E-state index in [-0.39, 0.29) is 19.4 Å². The standard InChI is InChI=1S/C15H27NO6/c1-6-7-10-21-13(18)11(8-9-12(17)20-5)16-14(19)22-15(2,3)4/h11H,6-10H2,1-5H3,(H,16,19). The Bertz CT molecular complexity index is 375. The first-order valence-corrected chi connectivity index (χ1v) is 7.42. The first-order valence-electron chi connectivity index (χ1n) is 7.42. The number of nitrogens with one attached hydrogen (secondary N) is 1. The van der Waals surface area contributed by atoms with Gasteiger partial charge in [0.25, 0.3) is 0 Å². The van der Waals surface area contributed by atoms with E-state index in [0.29, 0.717) is 0 Å². The van der Waals surface area contributed by atoms with Gasteiger partial charge >= 0.3 is 18.0 Å². The zero-order valence-corrected chi connectivity index (χ0v) is 14.1. The number of ether oxygens (including phenoxy) is 3. The third kappa shape index (κ3) is 10.0. The summed E-state index contributed by atoms with van der Waals surface area (Å²) < 4.78 is 14.7. The predicted octanol–water partition coefficient (Wildman–Crippen LogP) is 2.18. The molecule has 0 saturated carbocycles. The number of alkyl carbamates (subject to hydrolysis) is 1. The maximum atomic E-state index is 12.0. The number of hydrogen-bond donors (Lipinski definition) is 1. The van der Waals surface area contributed by atoms with Gasteiger partial charge < -0.3 is 19.5 Å². The normalized spacial score (nSPS) is 12.2. The van der Waals surface area contributed by atoms with Crippen LogP contribution in [0.25, 0.3) is 0 Å². The molecule has 22 heavy (non-hydrogen) atoms. The smallest absolute Gasteiger partial charge is 0.408 e. The highest BCUT2D eigenvalue weighted by Gasteiger charge is 2.26. The van der Waals surface area contributed by atoms with Crippen molar-refractivity contribution in [3.8, 4) is 0 Å². The molecule has 0 spiro atoms. The molecular formula is C15H27NO6. The summed E-state index contributed by atoms with van der Waals surface area (Å²) in [6.45, 7) is 7.41. The van der Waals surface area contributed by atoms with Gasteiger partial charge in [-0.3, -0.25) is 4.79 Å². The summed E-state index contributed by atoms with van der Waals surface area (Å²) in [7, 11) is 1.26. The van der Waals surface area contributed by atoms with Crippen molar-refractivity contribution >= 4 is 18.0 Å². The Morgan fingerprint density at radius 1 is 1.18 bits per heavy atom. The van der Waals surface area contributed by atoms with Gasteiger partial charge in [-0.25, -0.2) is 9.59 Å². The minimum atomic E-state index is -0.939. The van der Waals surface area contributed by atoms with E-state index in [4.69, 9.17) is 9.47 Å². The van der Waals surface area contributed by atoms with Crippen molar-refractivity contribution in [2.24, 2.45) is 0 Å². The fourth-order valence-electron chi connectivity index (χ4n) is 1.48. The number of unbranched alkanes of at least 4 members (excludes halogenated alkanes) is 1. The molecule has 0 aliphatic rings. The second kappa shape index (κ2) is 10.0. The largest absolute Gasteiger partial charge is 0.469 e. The van der Waals surface area contributed by atoms with Gasteiger partial charge in [-0.1, -0.05) is 13.3 Å². The highest BCUT2D eigenvalue weighted by atomic mass is 16.6. The van der Waals surface area contributed by atoms with Crippen LogP contribution < -0.4 is 5.32 Å². The number of carbonyl (C=O) groups excluding carboxylic acids is 3. The zero-order chi connectivity index (χ0) is 17.2. The predicted molar refractivity (Wildman–Crippen MR) is 80.3 cm³/mol. The Hall–Kier alpha value is -1.79. The lowest BCUT2D eigenvalue weighted by Gasteiger charge is -2.22. The summed E-state index contributed by atoms with van der Waals surface area (Å²) in [6, 6.07) is -0.939. The van der Waals surface area contributed by atoms with Gasteiger partial charge in [0, 0.05) is 6.42 Å². The molecule has 1 amide bonds. The quantitative estimate of drug-likeness (QED) is 0.419. The average molecular weight is 317 g/mol. The molecule has 1 atom stereocenters. The van der Waals surface area contributed by atoms with E-state index < -0.39 is 29.7 Å². The molecule has 0 saturated heterocycles. The fraction of sp³-hybridized carbons (Fsp3) is 0.800. The third-order valence-electron chi connectivity index (χ3n) is 2.58. The Morgan fingerprint density at radius 2 is 1.82 bits per heavy atom. The molecular weight excluding hydrogens is 290 g/mol. The lowest BCUT2D eigenvalue weighted by atomic mass is 10.1. The number of carbonyl (C=O) groups is 3. The summed E-state index contributed by atoms with van der Waals surface area (Å²) in [5, 5.41) is 2.44. The van der Waals surface area contributed by atoms with Crippen LogP contribution in [0.4, 0.5) is 4.79 Å². The third-order valence-corrected chi connectivity index (χ3v) is 2.58. The topological polar surface area (TPSA) is 90.9 Å². The second-order valence-electron chi connectivity index (χ2n) is 5.83. The van der Waals surface area contributed by atoms with Crippen molar-refractivity contribution in [1.29, 1.82) is 0 Å². The van der Waals surface area contributed by atoms with Crippen molar-refractivity contribution in [3.63, 3.8) is 0 Å². The molecule has 0 aromatic heterocycles. The monoisotopic (exact) mass is 317 g/mol. The van der Waals surface area contributed by atoms with Gasteiger partial charge in [0.2, 0.25) is 0 Å². The van der Waals surface area contributed by atoms with Gasteiger partial charge in [0.05, 0.1) is 13.7 Å². The molecule has 7 heteroatoms. The van der Waals surface area contributed by atoms with Crippen LogP contribution >= 0.6 is 0 Å². The van der Waals surface area contributed by atoms with Crippen LogP contribution in [0.5, 0.6) is 0 Å². The highest BCUT2D eigenvalue weighted by Crippen LogP contribution is 2.09. The van der Waals surface area contributed by atoms with Crippen LogP contribution in [-0.4, -0.2) is 43.4 Å². The Morgan fingerprint density at radius 3 is 2.32 bits per heavy atom. The maximum absolute atomic E-state index is 12.0. The van der Waals surface area contributed by atoms with E-state index in [1.165, 1.54) is 7.11 Å². The Balaban J connectivity index is 4.59. The van der Waals surface area contributed by atoms with E-state index in [9.17, 15) is 14.4 Å². The van der Waals surface area contributed by atoms with E-state index in [2.05, 4.69) is 10.1 Å². The number of methoxy groups -OCH3 is 1. The van der Waals surface area contributed by atoms with Crippen LogP contribution in [0, 0.1) is 0 Å². The van der Waals surface area contributed by atoms with Crippen molar-refractivity contribution in [2.75, 3.05) is 13.7 Å². The van der Waals surface area contributed by atoms with Crippen LogP contribution in [0.3, 0.4) is 0 Å². The van der Waals surface area contributed by atoms with Gasteiger partial charge in [0.15, 0.2) is 0 Å². The highest BCUT2D eigenvalue weighted by molar-refractivity contribution is 5.82. The molecule has 0 heterocycles. The molecule has 0 aromatic rings. The van der Waals surface area contributed by atoms with E-state index in [0.717, 1.165) is 12.8 Å². The molecule has 7 nitrogen and oxygen atoms in total. The maximum Gasteiger partial charge on any atom is 0.408 e. The first kappa shape index (κ1) is 20.2. The van der Waals surface area contributed by atoms with E-state index >= 15 is 0 Å². The molecule has 0 radical (unpaired) electrons. The summed E-state index contributed by atoms with van der Waals surface area (Å²) in [5.74, 6) is -1.04. The SMILES string of the molecule is CCCCOC(=O)C(CCC(=O)OC)NC(=O)OC(C)(C)C. The molecule has 0 aliphatic carbocycles. The van der Waals surface area contributed by atoms with Crippen LogP contribution in [-0.2, 0) is 23.8 Å². The minimum absolute atomic E-state index is 0.000156. The van der Waals surface area contributed by atoms with Crippen molar-refractivity contribution in [3.05, 3.63) is 0 Å². The van der Waals surface area contributed by atoms with Gasteiger partial charge in [-0.2, -0.15) is 0 Å². The van der Waals surface area contributed by atoms with Crippen LogP contribution in [0.1, 0.15) is 53.4 Å². The number of amides is 1. The second-order valence-corrected chi connectivity index (χ2v) is 5.83. The van der Waals surface area contributed by atoms with Crippen LogP contribution in [0.2, 0.25) is 0 Å². The lowest BCUT2D eigenvalue weighted by molar-refractivity contribution is -0.147. The summed E-state index contributed by atoms with van der Waals surface area (Å²) in [4.78, 5) is 34.9. The lowest BCUT2D eigenvalue weighted by Crippen LogP contribution is -2.44. The Labute approximate surface area is 131 Å². The first-order chi connectivity index (χ1) is 10.2. The van der Waals surface area contributed by atoms with Gasteiger partial charge in [-0.05, 0) is 33.6 Å². The van der Waals surface area contributed by atoms with E-state index in [1.807, 2.05) is 6.92 Å². The van der Waals surface area contributed by atoms with Crippen molar-refractivity contribution in [2.45, 2.75) is 65.0 Å². The molecule has 128 valence electrons. The summed E-state index contributed by atoms with van der Waals surface area (Å²) in [6.07, 6.45) is 0.993. The van der Waals surface area contributed by atoms with Gasteiger partial charge in [0.1, 0.15) is 11.6 Å². The minimum Gasteiger partial charge on any atom is -0.469 e. The molecule has 0 bridgehead atoms. The molecule has 0 rings (SSSR count).